The summed E-state index contributed by atoms with van der Waals surface area (Å²) in [4.78, 5) is 3.84. The Morgan fingerprint density at radius 1 is 1.00 bits per heavy atom. The summed E-state index contributed by atoms with van der Waals surface area (Å²) in [6.45, 7) is 0.836. The van der Waals surface area contributed by atoms with Crippen LogP contribution in [0, 0.1) is 0 Å². The molecule has 0 radical (unpaired) electrons. The number of hydrogen-bond acceptors (Lipinski definition) is 4. The molecule has 0 aliphatic heterocycles. The van der Waals surface area contributed by atoms with Crippen LogP contribution in [-0.4, -0.2) is 29.2 Å². The molecule has 0 saturated heterocycles. The first kappa shape index (κ1) is 13.8. The number of rotatable bonds is 4. The fourth-order valence-electron chi connectivity index (χ4n) is 1.78. The van der Waals surface area contributed by atoms with Crippen molar-refractivity contribution in [2.24, 2.45) is 0 Å². The van der Waals surface area contributed by atoms with E-state index in [2.05, 4.69) is 11.0 Å². The van der Waals surface area contributed by atoms with E-state index in [4.69, 9.17) is 0 Å². The summed E-state index contributed by atoms with van der Waals surface area (Å²) in [6.07, 6.45) is 0. The topological polar surface area (TPSA) is 43.7 Å². The normalized spacial score (nSPS) is 10.9. The molecule has 2 N–H and O–H groups in total. The van der Waals surface area contributed by atoms with Gasteiger partial charge in [0.1, 0.15) is 11.5 Å². The second-order valence-corrected chi connectivity index (χ2v) is 5.68. The molecule has 0 aliphatic rings. The summed E-state index contributed by atoms with van der Waals surface area (Å²) >= 11 is 1.46. The van der Waals surface area contributed by atoms with E-state index in [9.17, 15) is 10.2 Å². The Kier molecular flexibility index (Phi) is 4.35. The van der Waals surface area contributed by atoms with Gasteiger partial charge in [-0.25, -0.2) is 0 Å². The first-order valence-electron chi connectivity index (χ1n) is 5.99. The van der Waals surface area contributed by atoms with Crippen LogP contribution in [-0.2, 0) is 6.54 Å². The average Bonchev–Trinajstić information content (AvgIpc) is 2.35. The van der Waals surface area contributed by atoms with E-state index in [1.54, 1.807) is 6.07 Å². The standard InChI is InChI=1S/C15H17NO2S/c1-16(2)10-11-5-3-4-6-14(11)19-15-9-12(17)7-8-13(15)18/h3-9,17-18H,10H2,1-2H3. The van der Waals surface area contributed by atoms with E-state index in [0.717, 1.165) is 11.4 Å². The first-order valence-corrected chi connectivity index (χ1v) is 6.80. The van der Waals surface area contributed by atoms with Gasteiger partial charge in [0.25, 0.3) is 0 Å². The lowest BCUT2D eigenvalue weighted by Gasteiger charge is -2.14. The molecule has 0 unspecified atom stereocenters. The Labute approximate surface area is 117 Å². The summed E-state index contributed by atoms with van der Waals surface area (Å²) in [5.41, 5.74) is 1.19. The Morgan fingerprint density at radius 2 is 1.74 bits per heavy atom. The summed E-state index contributed by atoms with van der Waals surface area (Å²) in [6, 6.07) is 12.6. The molecule has 0 fully saturated rings. The zero-order valence-electron chi connectivity index (χ0n) is 11.0. The second kappa shape index (κ2) is 5.99. The smallest absolute Gasteiger partial charge is 0.129 e. The molecule has 0 amide bonds. The van der Waals surface area contributed by atoms with Gasteiger partial charge in [0, 0.05) is 11.4 Å². The van der Waals surface area contributed by atoms with Crippen LogP contribution in [0.15, 0.2) is 52.3 Å². The van der Waals surface area contributed by atoms with Crippen LogP contribution >= 0.6 is 11.8 Å². The fourth-order valence-corrected chi connectivity index (χ4v) is 2.78. The van der Waals surface area contributed by atoms with Gasteiger partial charge in [0.15, 0.2) is 0 Å². The van der Waals surface area contributed by atoms with Crippen molar-refractivity contribution in [1.29, 1.82) is 0 Å². The molecule has 0 bridgehead atoms. The number of hydrogen-bond donors (Lipinski definition) is 2. The Bertz CT molecular complexity index is 570. The molecule has 0 aromatic heterocycles. The lowest BCUT2D eigenvalue weighted by Crippen LogP contribution is -2.11. The first-order chi connectivity index (χ1) is 9.06. The van der Waals surface area contributed by atoms with Crippen molar-refractivity contribution in [3.05, 3.63) is 48.0 Å². The lowest BCUT2D eigenvalue weighted by molar-refractivity contribution is 0.399. The molecule has 3 nitrogen and oxygen atoms in total. The largest absolute Gasteiger partial charge is 0.508 e. The fraction of sp³-hybridized carbons (Fsp3) is 0.200. The zero-order valence-corrected chi connectivity index (χ0v) is 11.8. The highest BCUT2D eigenvalue weighted by atomic mass is 32.2. The number of phenols is 2. The predicted molar refractivity (Wildman–Crippen MR) is 77.7 cm³/mol. The highest BCUT2D eigenvalue weighted by molar-refractivity contribution is 7.99. The van der Waals surface area contributed by atoms with Gasteiger partial charge >= 0.3 is 0 Å². The number of aromatic hydroxyl groups is 2. The maximum absolute atomic E-state index is 9.83. The lowest BCUT2D eigenvalue weighted by atomic mass is 10.2. The van der Waals surface area contributed by atoms with E-state index in [1.807, 2.05) is 32.3 Å². The number of nitrogens with zero attached hydrogens (tertiary/aromatic N) is 1. The van der Waals surface area contributed by atoms with Crippen LogP contribution in [0.5, 0.6) is 11.5 Å². The Hall–Kier alpha value is -1.65. The molecule has 2 aromatic carbocycles. The van der Waals surface area contributed by atoms with Gasteiger partial charge in [-0.2, -0.15) is 0 Å². The summed E-state index contributed by atoms with van der Waals surface area (Å²) in [5.74, 6) is 0.341. The van der Waals surface area contributed by atoms with Gasteiger partial charge in [0.05, 0.1) is 4.90 Å². The molecule has 100 valence electrons. The van der Waals surface area contributed by atoms with Crippen molar-refractivity contribution in [2.75, 3.05) is 14.1 Å². The molecule has 19 heavy (non-hydrogen) atoms. The molecule has 2 aromatic rings. The summed E-state index contributed by atoms with van der Waals surface area (Å²) in [5, 5.41) is 19.3. The molecule has 2 rings (SSSR count). The van der Waals surface area contributed by atoms with Crippen molar-refractivity contribution in [2.45, 2.75) is 16.3 Å². The molecule has 0 aliphatic carbocycles. The van der Waals surface area contributed by atoms with Crippen LogP contribution in [0.25, 0.3) is 0 Å². The summed E-state index contributed by atoms with van der Waals surface area (Å²) in [7, 11) is 4.04. The number of phenolic OH excluding ortho intramolecular Hbond substituents is 2. The Morgan fingerprint density at radius 3 is 2.47 bits per heavy atom. The number of benzene rings is 2. The third kappa shape index (κ3) is 3.66. The van der Waals surface area contributed by atoms with Crippen molar-refractivity contribution in [1.82, 2.24) is 4.90 Å². The minimum atomic E-state index is 0.158. The van der Waals surface area contributed by atoms with Crippen LogP contribution < -0.4 is 0 Å². The monoisotopic (exact) mass is 275 g/mol. The van der Waals surface area contributed by atoms with Gasteiger partial charge in [-0.05, 0) is 43.9 Å². The second-order valence-electron chi connectivity index (χ2n) is 4.60. The molecule has 0 atom stereocenters. The van der Waals surface area contributed by atoms with E-state index < -0.39 is 0 Å². The highest BCUT2D eigenvalue weighted by Gasteiger charge is 2.09. The van der Waals surface area contributed by atoms with Gasteiger partial charge in [0.2, 0.25) is 0 Å². The maximum Gasteiger partial charge on any atom is 0.129 e. The molecule has 0 spiro atoms. The third-order valence-electron chi connectivity index (χ3n) is 2.62. The van der Waals surface area contributed by atoms with Crippen LogP contribution in [0.3, 0.4) is 0 Å². The third-order valence-corrected chi connectivity index (χ3v) is 3.79. The van der Waals surface area contributed by atoms with E-state index >= 15 is 0 Å². The zero-order chi connectivity index (χ0) is 13.8. The van der Waals surface area contributed by atoms with Gasteiger partial charge in [-0.1, -0.05) is 30.0 Å². The minimum absolute atomic E-state index is 0.158. The van der Waals surface area contributed by atoms with Crippen LogP contribution in [0.1, 0.15) is 5.56 Å². The van der Waals surface area contributed by atoms with Gasteiger partial charge in [-0.15, -0.1) is 0 Å². The molecular weight excluding hydrogens is 258 g/mol. The maximum atomic E-state index is 9.83. The molecular formula is C15H17NO2S. The SMILES string of the molecule is CN(C)Cc1ccccc1Sc1cc(O)ccc1O. The molecule has 0 saturated carbocycles. The van der Waals surface area contributed by atoms with E-state index in [0.29, 0.717) is 4.90 Å². The van der Waals surface area contributed by atoms with E-state index in [-0.39, 0.29) is 11.5 Å². The van der Waals surface area contributed by atoms with Gasteiger partial charge < -0.3 is 15.1 Å². The molecule has 0 heterocycles. The van der Waals surface area contributed by atoms with Crippen molar-refractivity contribution >= 4 is 11.8 Å². The highest BCUT2D eigenvalue weighted by Crippen LogP contribution is 2.38. The minimum Gasteiger partial charge on any atom is -0.508 e. The molecule has 4 heteroatoms. The van der Waals surface area contributed by atoms with Crippen LogP contribution in [0.2, 0.25) is 0 Å². The van der Waals surface area contributed by atoms with Crippen molar-refractivity contribution in [3.8, 4) is 11.5 Å². The van der Waals surface area contributed by atoms with Crippen molar-refractivity contribution in [3.63, 3.8) is 0 Å². The van der Waals surface area contributed by atoms with Crippen LogP contribution in [0.4, 0.5) is 0 Å². The Balaban J connectivity index is 2.30. The summed E-state index contributed by atoms with van der Waals surface area (Å²) < 4.78 is 0. The predicted octanol–water partition coefficient (Wildman–Crippen LogP) is 3.31. The van der Waals surface area contributed by atoms with E-state index in [1.165, 1.54) is 29.5 Å². The van der Waals surface area contributed by atoms with Gasteiger partial charge in [-0.3, -0.25) is 0 Å². The van der Waals surface area contributed by atoms with Crippen molar-refractivity contribution < 1.29 is 10.2 Å². The average molecular weight is 275 g/mol. The quantitative estimate of drug-likeness (QED) is 0.840.